The van der Waals surface area contributed by atoms with Crippen molar-refractivity contribution in [1.82, 2.24) is 4.90 Å². The van der Waals surface area contributed by atoms with Crippen LogP contribution in [-0.2, 0) is 0 Å². The Morgan fingerprint density at radius 3 is 2.62 bits per heavy atom. The van der Waals surface area contributed by atoms with Gasteiger partial charge in [-0.2, -0.15) is 0 Å². The minimum absolute atomic E-state index is 0.300. The van der Waals surface area contributed by atoms with Crippen molar-refractivity contribution < 1.29 is 9.47 Å². The molecule has 0 aromatic heterocycles. The van der Waals surface area contributed by atoms with Gasteiger partial charge in [0.2, 0.25) is 0 Å². The highest BCUT2D eigenvalue weighted by atomic mass is 16.5. The number of benzene rings is 1. The lowest BCUT2D eigenvalue weighted by atomic mass is 9.83. The van der Waals surface area contributed by atoms with Gasteiger partial charge in [-0.25, -0.2) is 0 Å². The lowest BCUT2D eigenvalue weighted by Crippen LogP contribution is -2.45. The SMILES string of the molecule is COc1ccc(OC)c(C2C(CN)CCCN2C(C)C)c1. The Hall–Kier alpha value is -1.26. The van der Waals surface area contributed by atoms with Crippen LogP contribution >= 0.6 is 0 Å². The second-order valence-electron chi connectivity index (χ2n) is 6.02. The summed E-state index contributed by atoms with van der Waals surface area (Å²) in [6.45, 7) is 6.31. The standard InChI is InChI=1S/C17H28N2O2/c1-12(2)19-9-5-6-13(11-18)17(19)15-10-14(20-3)7-8-16(15)21-4/h7-8,10,12-13,17H,5-6,9,11,18H2,1-4H3. The Bertz CT molecular complexity index is 462. The first kappa shape index (κ1) is 16.1. The predicted octanol–water partition coefficient (Wildman–Crippen LogP) is 2.82. The highest BCUT2D eigenvalue weighted by Gasteiger charge is 2.35. The fraction of sp³-hybridized carbons (Fsp3) is 0.647. The monoisotopic (exact) mass is 292 g/mol. The van der Waals surface area contributed by atoms with Crippen LogP contribution in [0.2, 0.25) is 0 Å². The summed E-state index contributed by atoms with van der Waals surface area (Å²) in [5.41, 5.74) is 7.25. The first-order valence-electron chi connectivity index (χ1n) is 7.80. The van der Waals surface area contributed by atoms with Crippen molar-refractivity contribution in [3.8, 4) is 11.5 Å². The summed E-state index contributed by atoms with van der Waals surface area (Å²) in [6, 6.07) is 6.83. The normalized spacial score (nSPS) is 23.3. The molecule has 0 saturated carbocycles. The van der Waals surface area contributed by atoms with Gasteiger partial charge in [-0.3, -0.25) is 4.90 Å². The zero-order valence-corrected chi connectivity index (χ0v) is 13.6. The molecule has 4 heteroatoms. The van der Waals surface area contributed by atoms with E-state index in [4.69, 9.17) is 15.2 Å². The Morgan fingerprint density at radius 1 is 1.29 bits per heavy atom. The van der Waals surface area contributed by atoms with Crippen LogP contribution in [0.3, 0.4) is 0 Å². The largest absolute Gasteiger partial charge is 0.497 e. The molecular weight excluding hydrogens is 264 g/mol. The van der Waals surface area contributed by atoms with Crippen LogP contribution in [0.4, 0.5) is 0 Å². The molecule has 1 fully saturated rings. The minimum Gasteiger partial charge on any atom is -0.497 e. The van der Waals surface area contributed by atoms with Gasteiger partial charge in [0.1, 0.15) is 11.5 Å². The van der Waals surface area contributed by atoms with Crippen molar-refractivity contribution in [1.29, 1.82) is 0 Å². The number of likely N-dealkylation sites (tertiary alicyclic amines) is 1. The van der Waals surface area contributed by atoms with Gasteiger partial charge in [-0.15, -0.1) is 0 Å². The van der Waals surface area contributed by atoms with Gasteiger partial charge >= 0.3 is 0 Å². The van der Waals surface area contributed by atoms with Crippen molar-refractivity contribution >= 4 is 0 Å². The molecule has 0 aliphatic carbocycles. The molecule has 0 amide bonds. The third kappa shape index (κ3) is 3.33. The second-order valence-corrected chi connectivity index (χ2v) is 6.02. The number of methoxy groups -OCH3 is 2. The third-order valence-corrected chi connectivity index (χ3v) is 4.52. The molecule has 1 aliphatic heterocycles. The van der Waals surface area contributed by atoms with Crippen LogP contribution in [0, 0.1) is 5.92 Å². The molecular formula is C17H28N2O2. The Kier molecular flexibility index (Phi) is 5.48. The van der Waals surface area contributed by atoms with Gasteiger partial charge in [-0.05, 0) is 63.9 Å². The van der Waals surface area contributed by atoms with E-state index in [1.165, 1.54) is 18.4 Å². The molecule has 1 heterocycles. The molecule has 1 saturated heterocycles. The molecule has 1 aromatic rings. The first-order valence-corrected chi connectivity index (χ1v) is 7.80. The van der Waals surface area contributed by atoms with Gasteiger partial charge in [0.25, 0.3) is 0 Å². The van der Waals surface area contributed by atoms with E-state index in [2.05, 4.69) is 24.8 Å². The fourth-order valence-electron chi connectivity index (χ4n) is 3.43. The molecule has 1 aliphatic rings. The van der Waals surface area contributed by atoms with E-state index in [1.54, 1.807) is 14.2 Å². The highest BCUT2D eigenvalue weighted by molar-refractivity contribution is 5.43. The average Bonchev–Trinajstić information content (AvgIpc) is 2.53. The molecule has 0 bridgehead atoms. The summed E-state index contributed by atoms with van der Waals surface area (Å²) in [4.78, 5) is 2.54. The lowest BCUT2D eigenvalue weighted by molar-refractivity contribution is 0.0647. The lowest BCUT2D eigenvalue weighted by Gasteiger charge is -2.44. The zero-order chi connectivity index (χ0) is 15.4. The molecule has 21 heavy (non-hydrogen) atoms. The van der Waals surface area contributed by atoms with E-state index < -0.39 is 0 Å². The smallest absolute Gasteiger partial charge is 0.123 e. The fourth-order valence-corrected chi connectivity index (χ4v) is 3.43. The maximum absolute atomic E-state index is 6.06. The van der Waals surface area contributed by atoms with Crippen LogP contribution in [0.25, 0.3) is 0 Å². The van der Waals surface area contributed by atoms with Gasteiger partial charge in [0.05, 0.1) is 14.2 Å². The number of hydrogen-bond donors (Lipinski definition) is 1. The molecule has 2 atom stereocenters. The van der Waals surface area contributed by atoms with Crippen LogP contribution in [0.15, 0.2) is 18.2 Å². The topological polar surface area (TPSA) is 47.7 Å². The molecule has 0 radical (unpaired) electrons. The number of rotatable bonds is 5. The first-order chi connectivity index (χ1) is 10.1. The molecule has 2 rings (SSSR count). The van der Waals surface area contributed by atoms with E-state index in [1.807, 2.05) is 12.1 Å². The van der Waals surface area contributed by atoms with Crippen LogP contribution in [0.5, 0.6) is 11.5 Å². The Balaban J connectivity index is 2.46. The van der Waals surface area contributed by atoms with Gasteiger partial charge in [0.15, 0.2) is 0 Å². The maximum atomic E-state index is 6.06. The molecule has 0 spiro atoms. The zero-order valence-electron chi connectivity index (χ0n) is 13.6. The van der Waals surface area contributed by atoms with Crippen molar-refractivity contribution in [2.75, 3.05) is 27.3 Å². The van der Waals surface area contributed by atoms with E-state index in [0.29, 0.717) is 24.5 Å². The number of nitrogens with two attached hydrogens (primary N) is 1. The van der Waals surface area contributed by atoms with Crippen molar-refractivity contribution in [2.45, 2.75) is 38.8 Å². The van der Waals surface area contributed by atoms with Gasteiger partial charge in [-0.1, -0.05) is 0 Å². The third-order valence-electron chi connectivity index (χ3n) is 4.52. The highest BCUT2D eigenvalue weighted by Crippen LogP contribution is 2.41. The number of piperidine rings is 1. The van der Waals surface area contributed by atoms with Crippen LogP contribution < -0.4 is 15.2 Å². The van der Waals surface area contributed by atoms with Crippen LogP contribution in [-0.4, -0.2) is 38.3 Å². The number of hydrogen-bond acceptors (Lipinski definition) is 4. The minimum atomic E-state index is 0.300. The Labute approximate surface area is 128 Å². The summed E-state index contributed by atoms with van der Waals surface area (Å²) in [5.74, 6) is 2.25. The molecule has 2 unspecified atom stereocenters. The summed E-state index contributed by atoms with van der Waals surface area (Å²) in [7, 11) is 3.43. The Morgan fingerprint density at radius 2 is 2.05 bits per heavy atom. The van der Waals surface area contributed by atoms with E-state index >= 15 is 0 Å². The number of ether oxygens (including phenoxy) is 2. The average molecular weight is 292 g/mol. The molecule has 4 nitrogen and oxygen atoms in total. The molecule has 2 N–H and O–H groups in total. The quantitative estimate of drug-likeness (QED) is 0.906. The van der Waals surface area contributed by atoms with Gasteiger partial charge < -0.3 is 15.2 Å². The maximum Gasteiger partial charge on any atom is 0.123 e. The molecule has 118 valence electrons. The van der Waals surface area contributed by atoms with E-state index in [9.17, 15) is 0 Å². The van der Waals surface area contributed by atoms with Crippen molar-refractivity contribution in [2.24, 2.45) is 11.7 Å². The van der Waals surface area contributed by atoms with E-state index in [0.717, 1.165) is 18.0 Å². The molecule has 1 aromatic carbocycles. The summed E-state index contributed by atoms with van der Waals surface area (Å²) < 4.78 is 11.0. The second kappa shape index (κ2) is 7.14. The summed E-state index contributed by atoms with van der Waals surface area (Å²) in [6.07, 6.45) is 2.38. The van der Waals surface area contributed by atoms with Crippen molar-refractivity contribution in [3.05, 3.63) is 23.8 Å². The van der Waals surface area contributed by atoms with Crippen molar-refractivity contribution in [3.63, 3.8) is 0 Å². The van der Waals surface area contributed by atoms with Gasteiger partial charge in [0, 0.05) is 17.6 Å². The van der Waals surface area contributed by atoms with E-state index in [-0.39, 0.29) is 0 Å². The summed E-state index contributed by atoms with van der Waals surface area (Å²) in [5, 5.41) is 0. The summed E-state index contributed by atoms with van der Waals surface area (Å²) >= 11 is 0. The van der Waals surface area contributed by atoms with Crippen LogP contribution in [0.1, 0.15) is 38.3 Å². The predicted molar refractivity (Wildman–Crippen MR) is 85.9 cm³/mol. The number of nitrogens with zero attached hydrogens (tertiary/aromatic N) is 1.